The van der Waals surface area contributed by atoms with E-state index in [9.17, 15) is 14.4 Å². The molecule has 0 spiro atoms. The number of likely N-dealkylation sites (tertiary alicyclic amines) is 1. The number of thioether (sulfide) groups is 1. The third-order valence-electron chi connectivity index (χ3n) is 2.57. The van der Waals surface area contributed by atoms with Crippen molar-refractivity contribution >= 4 is 29.6 Å². The molecule has 0 radical (unpaired) electrons. The zero-order valence-corrected chi connectivity index (χ0v) is 10.1. The maximum atomic E-state index is 11.7. The van der Waals surface area contributed by atoms with Gasteiger partial charge in [-0.05, 0) is 12.8 Å². The van der Waals surface area contributed by atoms with E-state index in [1.54, 1.807) is 0 Å². The summed E-state index contributed by atoms with van der Waals surface area (Å²) in [6.45, 7) is 0.804. The van der Waals surface area contributed by atoms with Crippen LogP contribution in [0, 0.1) is 5.92 Å². The van der Waals surface area contributed by atoms with Crippen LogP contribution in [0.3, 0.4) is 0 Å². The number of hydrogen-bond donors (Lipinski definition) is 2. The summed E-state index contributed by atoms with van der Waals surface area (Å²) in [7, 11) is 0. The van der Waals surface area contributed by atoms with E-state index in [0.29, 0.717) is 19.4 Å². The van der Waals surface area contributed by atoms with Crippen molar-refractivity contribution in [1.29, 1.82) is 0 Å². The number of carboxylic acids is 2. The van der Waals surface area contributed by atoms with Crippen LogP contribution in [0.2, 0.25) is 0 Å². The van der Waals surface area contributed by atoms with Gasteiger partial charge in [-0.2, -0.15) is 0 Å². The maximum absolute atomic E-state index is 11.7. The predicted molar refractivity (Wildman–Crippen MR) is 61.9 cm³/mol. The number of nitrogens with zero attached hydrogens (tertiary/aromatic N) is 1. The molecule has 0 aromatic rings. The number of carboxylic acid groups (broad SMARTS) is 2. The normalized spacial score (nSPS) is 20.0. The Bertz CT molecular complexity index is 320. The first-order valence-corrected chi connectivity index (χ1v) is 6.46. The number of piperidine rings is 1. The number of amides is 1. The molecule has 0 aromatic heterocycles. The zero-order valence-electron chi connectivity index (χ0n) is 9.29. The fraction of sp³-hybridized carbons (Fsp3) is 0.700. The van der Waals surface area contributed by atoms with Gasteiger partial charge in [0.15, 0.2) is 0 Å². The fourth-order valence-corrected chi connectivity index (χ4v) is 2.36. The maximum Gasteiger partial charge on any atom is 0.313 e. The van der Waals surface area contributed by atoms with E-state index >= 15 is 0 Å². The van der Waals surface area contributed by atoms with E-state index in [2.05, 4.69) is 0 Å². The average molecular weight is 261 g/mol. The highest BCUT2D eigenvalue weighted by atomic mass is 32.2. The van der Waals surface area contributed by atoms with Crippen molar-refractivity contribution in [3.8, 4) is 0 Å². The Morgan fingerprint density at radius 1 is 1.24 bits per heavy atom. The third kappa shape index (κ3) is 4.64. The summed E-state index contributed by atoms with van der Waals surface area (Å²) in [5.74, 6) is -2.51. The molecule has 0 bridgehead atoms. The van der Waals surface area contributed by atoms with Crippen molar-refractivity contribution in [3.05, 3.63) is 0 Å². The van der Waals surface area contributed by atoms with E-state index in [4.69, 9.17) is 10.2 Å². The first-order valence-electron chi connectivity index (χ1n) is 5.31. The summed E-state index contributed by atoms with van der Waals surface area (Å²) in [6, 6.07) is 0. The zero-order chi connectivity index (χ0) is 12.8. The van der Waals surface area contributed by atoms with Gasteiger partial charge in [0.05, 0.1) is 17.4 Å². The Morgan fingerprint density at radius 2 is 1.94 bits per heavy atom. The second-order valence-corrected chi connectivity index (χ2v) is 4.89. The largest absolute Gasteiger partial charge is 0.481 e. The molecule has 2 N–H and O–H groups in total. The van der Waals surface area contributed by atoms with Crippen LogP contribution < -0.4 is 0 Å². The molecule has 1 aliphatic heterocycles. The van der Waals surface area contributed by atoms with Crippen molar-refractivity contribution in [2.45, 2.75) is 12.8 Å². The summed E-state index contributed by atoms with van der Waals surface area (Å²) in [4.78, 5) is 34.3. The Labute approximate surface area is 103 Å². The van der Waals surface area contributed by atoms with E-state index in [1.807, 2.05) is 0 Å². The molecule has 0 saturated carbocycles. The second kappa shape index (κ2) is 6.48. The molecular formula is C10H15NO5S. The standard InChI is InChI=1S/C10H15NO5S/c12-8(5-17-6-9(13)14)11-3-1-2-7(4-11)10(15)16/h7H,1-6H2,(H,13,14)(H,15,16). The molecule has 6 nitrogen and oxygen atoms in total. The minimum atomic E-state index is -0.954. The first-order chi connectivity index (χ1) is 8.00. The molecule has 1 heterocycles. The van der Waals surface area contributed by atoms with Crippen molar-refractivity contribution in [1.82, 2.24) is 4.90 Å². The summed E-state index contributed by atoms with van der Waals surface area (Å²) < 4.78 is 0. The van der Waals surface area contributed by atoms with Gasteiger partial charge in [0.2, 0.25) is 5.91 Å². The number of rotatable bonds is 5. The molecule has 0 aromatic carbocycles. The molecule has 7 heteroatoms. The molecule has 96 valence electrons. The van der Waals surface area contributed by atoms with Crippen LogP contribution in [-0.4, -0.2) is 57.6 Å². The number of carbonyl (C=O) groups is 3. The molecule has 1 unspecified atom stereocenters. The molecule has 1 saturated heterocycles. The minimum Gasteiger partial charge on any atom is -0.481 e. The van der Waals surface area contributed by atoms with E-state index < -0.39 is 17.9 Å². The van der Waals surface area contributed by atoms with E-state index in [1.165, 1.54) is 4.90 Å². The first kappa shape index (κ1) is 13.8. The lowest BCUT2D eigenvalue weighted by Crippen LogP contribution is -2.43. The van der Waals surface area contributed by atoms with Crippen LogP contribution in [0.5, 0.6) is 0 Å². The van der Waals surface area contributed by atoms with Crippen LogP contribution >= 0.6 is 11.8 Å². The van der Waals surface area contributed by atoms with Gasteiger partial charge in [0, 0.05) is 13.1 Å². The Morgan fingerprint density at radius 3 is 2.53 bits per heavy atom. The quantitative estimate of drug-likeness (QED) is 0.730. The number of carbonyl (C=O) groups excluding carboxylic acids is 1. The van der Waals surface area contributed by atoms with Crippen molar-refractivity contribution in [2.75, 3.05) is 24.6 Å². The molecule has 0 aliphatic carbocycles. The van der Waals surface area contributed by atoms with Gasteiger partial charge in [0.25, 0.3) is 0 Å². The Kier molecular flexibility index (Phi) is 5.27. The monoisotopic (exact) mass is 261 g/mol. The van der Waals surface area contributed by atoms with Crippen LogP contribution in [0.25, 0.3) is 0 Å². The van der Waals surface area contributed by atoms with Crippen molar-refractivity contribution in [2.24, 2.45) is 5.92 Å². The summed E-state index contributed by atoms with van der Waals surface area (Å²) in [6.07, 6.45) is 1.29. The minimum absolute atomic E-state index is 0.0959. The van der Waals surface area contributed by atoms with Gasteiger partial charge in [-0.25, -0.2) is 0 Å². The van der Waals surface area contributed by atoms with Gasteiger partial charge in [0.1, 0.15) is 0 Å². The molecule has 17 heavy (non-hydrogen) atoms. The molecule has 1 atom stereocenters. The van der Waals surface area contributed by atoms with E-state index in [-0.39, 0.29) is 24.0 Å². The van der Waals surface area contributed by atoms with Gasteiger partial charge in [-0.3, -0.25) is 14.4 Å². The van der Waals surface area contributed by atoms with Gasteiger partial charge in [-0.1, -0.05) is 0 Å². The molecule has 1 aliphatic rings. The highest BCUT2D eigenvalue weighted by Crippen LogP contribution is 2.17. The summed E-state index contributed by atoms with van der Waals surface area (Å²) >= 11 is 1.03. The SMILES string of the molecule is O=C(O)CSCC(=O)N1CCCC(C(=O)O)C1. The van der Waals surface area contributed by atoms with Crippen LogP contribution in [0.15, 0.2) is 0 Å². The molecule has 1 fully saturated rings. The number of aliphatic carboxylic acids is 2. The third-order valence-corrected chi connectivity index (χ3v) is 3.48. The lowest BCUT2D eigenvalue weighted by molar-refractivity contribution is -0.145. The fourth-order valence-electron chi connectivity index (χ4n) is 1.72. The molecule has 1 rings (SSSR count). The highest BCUT2D eigenvalue weighted by molar-refractivity contribution is 8.00. The highest BCUT2D eigenvalue weighted by Gasteiger charge is 2.27. The predicted octanol–water partition coefficient (Wildman–Crippen LogP) is 0.127. The molecular weight excluding hydrogens is 246 g/mol. The van der Waals surface area contributed by atoms with E-state index in [0.717, 1.165) is 11.8 Å². The van der Waals surface area contributed by atoms with Gasteiger partial charge < -0.3 is 15.1 Å². The van der Waals surface area contributed by atoms with Gasteiger partial charge >= 0.3 is 11.9 Å². The summed E-state index contributed by atoms with van der Waals surface area (Å²) in [5, 5.41) is 17.3. The smallest absolute Gasteiger partial charge is 0.313 e. The second-order valence-electron chi connectivity index (χ2n) is 3.90. The summed E-state index contributed by atoms with van der Waals surface area (Å²) in [5.41, 5.74) is 0. The average Bonchev–Trinajstić information content (AvgIpc) is 2.28. The van der Waals surface area contributed by atoms with Crippen LogP contribution in [-0.2, 0) is 14.4 Å². The lowest BCUT2D eigenvalue weighted by atomic mass is 9.98. The Hall–Kier alpha value is -1.24. The lowest BCUT2D eigenvalue weighted by Gasteiger charge is -2.30. The van der Waals surface area contributed by atoms with Crippen LogP contribution in [0.1, 0.15) is 12.8 Å². The topological polar surface area (TPSA) is 94.9 Å². The van der Waals surface area contributed by atoms with Crippen molar-refractivity contribution in [3.63, 3.8) is 0 Å². The number of hydrogen-bond acceptors (Lipinski definition) is 4. The van der Waals surface area contributed by atoms with Crippen LogP contribution in [0.4, 0.5) is 0 Å². The molecule has 1 amide bonds. The van der Waals surface area contributed by atoms with Gasteiger partial charge in [-0.15, -0.1) is 11.8 Å². The Balaban J connectivity index is 2.35. The van der Waals surface area contributed by atoms with Crippen molar-refractivity contribution < 1.29 is 24.6 Å².